The first-order valence-electron chi connectivity index (χ1n) is 8.76. The van der Waals surface area contributed by atoms with E-state index in [1.807, 2.05) is 24.3 Å². The maximum absolute atomic E-state index is 12.4. The molecule has 2 N–H and O–H groups in total. The van der Waals surface area contributed by atoms with E-state index in [1.54, 1.807) is 6.20 Å². The van der Waals surface area contributed by atoms with E-state index in [9.17, 15) is 4.79 Å². The van der Waals surface area contributed by atoms with Gasteiger partial charge in [0.1, 0.15) is 5.69 Å². The molecule has 0 bridgehead atoms. The summed E-state index contributed by atoms with van der Waals surface area (Å²) in [4.78, 5) is 16.6. The zero-order valence-corrected chi connectivity index (χ0v) is 14.4. The number of carbonyl (C=O) groups is 1. The standard InChI is InChI=1S/C20H25N3O/c1-14(2)17-9-5-6-10-18(17)22-16-11-12-21-19(13-16)20(24)23-15-7-3-4-8-15/h5-6,9-15H,3-4,7-8H2,1-2H3,(H,21,22)(H,23,24). The Morgan fingerprint density at radius 1 is 1.17 bits per heavy atom. The first-order valence-corrected chi connectivity index (χ1v) is 8.76. The zero-order chi connectivity index (χ0) is 16.9. The second kappa shape index (κ2) is 7.47. The van der Waals surface area contributed by atoms with Crippen LogP contribution in [0.2, 0.25) is 0 Å². The minimum Gasteiger partial charge on any atom is -0.355 e. The molecule has 1 aromatic heterocycles. The summed E-state index contributed by atoms with van der Waals surface area (Å²) in [6.45, 7) is 4.35. The van der Waals surface area contributed by atoms with Crippen LogP contribution in [0, 0.1) is 0 Å². The molecule has 0 radical (unpaired) electrons. The Morgan fingerprint density at radius 2 is 1.92 bits per heavy atom. The van der Waals surface area contributed by atoms with Crippen molar-refractivity contribution in [2.24, 2.45) is 0 Å². The molecule has 0 spiro atoms. The lowest BCUT2D eigenvalue weighted by molar-refractivity contribution is 0.0933. The monoisotopic (exact) mass is 323 g/mol. The molecular weight excluding hydrogens is 298 g/mol. The van der Waals surface area contributed by atoms with Gasteiger partial charge in [0.25, 0.3) is 5.91 Å². The third-order valence-corrected chi connectivity index (χ3v) is 4.54. The number of rotatable bonds is 5. The summed E-state index contributed by atoms with van der Waals surface area (Å²) < 4.78 is 0. The van der Waals surface area contributed by atoms with Crippen LogP contribution in [0.4, 0.5) is 11.4 Å². The number of benzene rings is 1. The van der Waals surface area contributed by atoms with Crippen LogP contribution in [-0.2, 0) is 0 Å². The number of hydrogen-bond acceptors (Lipinski definition) is 3. The van der Waals surface area contributed by atoms with E-state index in [1.165, 1.54) is 18.4 Å². The number of amides is 1. The molecule has 1 aliphatic carbocycles. The van der Waals surface area contributed by atoms with Crippen molar-refractivity contribution >= 4 is 17.3 Å². The lowest BCUT2D eigenvalue weighted by Gasteiger charge is -2.15. The van der Waals surface area contributed by atoms with Crippen LogP contribution >= 0.6 is 0 Å². The van der Waals surface area contributed by atoms with Gasteiger partial charge in [-0.05, 0) is 42.5 Å². The number of carbonyl (C=O) groups excluding carboxylic acids is 1. The van der Waals surface area contributed by atoms with Crippen LogP contribution in [0.1, 0.15) is 61.5 Å². The van der Waals surface area contributed by atoms with Crippen molar-refractivity contribution in [2.75, 3.05) is 5.32 Å². The molecule has 3 rings (SSSR count). The normalized spacial score (nSPS) is 14.8. The van der Waals surface area contributed by atoms with Gasteiger partial charge >= 0.3 is 0 Å². The largest absolute Gasteiger partial charge is 0.355 e. The van der Waals surface area contributed by atoms with Gasteiger partial charge in [0.2, 0.25) is 0 Å². The molecule has 4 nitrogen and oxygen atoms in total. The van der Waals surface area contributed by atoms with E-state index in [4.69, 9.17) is 0 Å². The lowest BCUT2D eigenvalue weighted by Crippen LogP contribution is -2.33. The van der Waals surface area contributed by atoms with E-state index in [0.29, 0.717) is 17.7 Å². The van der Waals surface area contributed by atoms with Crippen LogP contribution in [0.15, 0.2) is 42.6 Å². The quantitative estimate of drug-likeness (QED) is 0.844. The number of nitrogens with one attached hydrogen (secondary N) is 2. The van der Waals surface area contributed by atoms with Crippen LogP contribution in [0.5, 0.6) is 0 Å². The first kappa shape index (κ1) is 16.5. The predicted molar refractivity (Wildman–Crippen MR) is 97.8 cm³/mol. The number of para-hydroxylation sites is 1. The summed E-state index contributed by atoms with van der Waals surface area (Å²) >= 11 is 0. The molecule has 4 heteroatoms. The highest BCUT2D eigenvalue weighted by Crippen LogP contribution is 2.27. The third-order valence-electron chi connectivity index (χ3n) is 4.54. The van der Waals surface area contributed by atoms with Crippen LogP contribution in [0.25, 0.3) is 0 Å². The fraction of sp³-hybridized carbons (Fsp3) is 0.400. The predicted octanol–water partition coefficient (Wildman–Crippen LogP) is 4.62. The van der Waals surface area contributed by atoms with Gasteiger partial charge in [0.15, 0.2) is 0 Å². The smallest absolute Gasteiger partial charge is 0.270 e. The van der Waals surface area contributed by atoms with Gasteiger partial charge in [-0.25, -0.2) is 0 Å². The van der Waals surface area contributed by atoms with Crippen molar-refractivity contribution in [2.45, 2.75) is 51.5 Å². The maximum Gasteiger partial charge on any atom is 0.270 e. The second-order valence-electron chi connectivity index (χ2n) is 6.75. The van der Waals surface area contributed by atoms with E-state index < -0.39 is 0 Å². The number of hydrogen-bond donors (Lipinski definition) is 2. The molecular formula is C20H25N3O. The Balaban J connectivity index is 1.74. The summed E-state index contributed by atoms with van der Waals surface area (Å²) in [6, 6.07) is 12.3. The summed E-state index contributed by atoms with van der Waals surface area (Å²) in [6.07, 6.45) is 6.23. The fourth-order valence-corrected chi connectivity index (χ4v) is 3.23. The highest BCUT2D eigenvalue weighted by Gasteiger charge is 2.18. The first-order chi connectivity index (χ1) is 11.6. The topological polar surface area (TPSA) is 54.0 Å². The van der Waals surface area contributed by atoms with Gasteiger partial charge < -0.3 is 10.6 Å². The SMILES string of the molecule is CC(C)c1ccccc1Nc1ccnc(C(=O)NC2CCCC2)c1. The highest BCUT2D eigenvalue weighted by atomic mass is 16.1. The molecule has 126 valence electrons. The summed E-state index contributed by atoms with van der Waals surface area (Å²) in [5.41, 5.74) is 3.68. The van der Waals surface area contributed by atoms with Crippen molar-refractivity contribution < 1.29 is 4.79 Å². The third kappa shape index (κ3) is 3.94. The Morgan fingerprint density at radius 3 is 2.67 bits per heavy atom. The maximum atomic E-state index is 12.4. The molecule has 24 heavy (non-hydrogen) atoms. The minimum atomic E-state index is -0.0808. The molecule has 2 aromatic rings. The fourth-order valence-electron chi connectivity index (χ4n) is 3.23. The number of anilines is 2. The van der Waals surface area contributed by atoms with Gasteiger partial charge in [0.05, 0.1) is 0 Å². The Bertz CT molecular complexity index is 706. The highest BCUT2D eigenvalue weighted by molar-refractivity contribution is 5.93. The van der Waals surface area contributed by atoms with Crippen molar-refractivity contribution in [3.8, 4) is 0 Å². The van der Waals surface area contributed by atoms with Crippen LogP contribution < -0.4 is 10.6 Å². The molecule has 0 unspecified atom stereocenters. The minimum absolute atomic E-state index is 0.0808. The van der Waals surface area contributed by atoms with Gasteiger partial charge in [-0.3, -0.25) is 9.78 Å². The molecule has 0 saturated heterocycles. The molecule has 1 amide bonds. The van der Waals surface area contributed by atoms with Gasteiger partial charge in [0, 0.05) is 23.6 Å². The zero-order valence-electron chi connectivity index (χ0n) is 14.4. The number of aromatic nitrogens is 1. The molecule has 1 saturated carbocycles. The van der Waals surface area contributed by atoms with Gasteiger partial charge in [-0.15, -0.1) is 0 Å². The summed E-state index contributed by atoms with van der Waals surface area (Å²) in [7, 11) is 0. The van der Waals surface area contributed by atoms with Crippen LogP contribution in [-0.4, -0.2) is 16.9 Å². The summed E-state index contributed by atoms with van der Waals surface area (Å²) in [5, 5.41) is 6.51. The van der Waals surface area contributed by atoms with E-state index >= 15 is 0 Å². The Hall–Kier alpha value is -2.36. The number of nitrogens with zero attached hydrogens (tertiary/aromatic N) is 1. The molecule has 1 aliphatic rings. The van der Waals surface area contributed by atoms with Gasteiger partial charge in [-0.2, -0.15) is 0 Å². The van der Waals surface area contributed by atoms with E-state index in [2.05, 4.69) is 41.6 Å². The molecule has 1 aromatic carbocycles. The van der Waals surface area contributed by atoms with Gasteiger partial charge in [-0.1, -0.05) is 44.9 Å². The number of pyridine rings is 1. The van der Waals surface area contributed by atoms with E-state index in [-0.39, 0.29) is 5.91 Å². The van der Waals surface area contributed by atoms with Crippen molar-refractivity contribution in [3.05, 3.63) is 53.9 Å². The van der Waals surface area contributed by atoms with Crippen LogP contribution in [0.3, 0.4) is 0 Å². The molecule has 1 heterocycles. The second-order valence-corrected chi connectivity index (χ2v) is 6.75. The molecule has 1 fully saturated rings. The van der Waals surface area contributed by atoms with Crippen molar-refractivity contribution in [3.63, 3.8) is 0 Å². The van der Waals surface area contributed by atoms with E-state index in [0.717, 1.165) is 24.2 Å². The lowest BCUT2D eigenvalue weighted by atomic mass is 10.0. The van der Waals surface area contributed by atoms with Crippen molar-refractivity contribution in [1.82, 2.24) is 10.3 Å². The Kier molecular flexibility index (Phi) is 5.14. The average Bonchev–Trinajstić information content (AvgIpc) is 3.08. The molecule has 0 atom stereocenters. The molecule has 0 aliphatic heterocycles. The summed E-state index contributed by atoms with van der Waals surface area (Å²) in [5.74, 6) is 0.350. The van der Waals surface area contributed by atoms with Crippen molar-refractivity contribution in [1.29, 1.82) is 0 Å². The average molecular weight is 323 g/mol. The Labute approximate surface area is 143 Å².